The van der Waals surface area contributed by atoms with Crippen LogP contribution in [0.2, 0.25) is 0 Å². The van der Waals surface area contributed by atoms with Gasteiger partial charge in [-0.15, -0.1) is 0 Å². The Morgan fingerprint density at radius 1 is 1.42 bits per heavy atom. The Morgan fingerprint density at radius 3 is 3.08 bits per heavy atom. The van der Waals surface area contributed by atoms with Gasteiger partial charge in [0.15, 0.2) is 0 Å². The molecule has 0 radical (unpaired) electrons. The zero-order valence-corrected chi connectivity index (χ0v) is 15.3. The van der Waals surface area contributed by atoms with Crippen LogP contribution in [0, 0.1) is 0 Å². The second-order valence-corrected chi connectivity index (χ2v) is 7.11. The van der Waals surface area contributed by atoms with Crippen molar-refractivity contribution in [3.63, 3.8) is 0 Å². The zero-order valence-electron chi connectivity index (χ0n) is 15.3. The van der Waals surface area contributed by atoms with Crippen LogP contribution in [0.4, 0.5) is 5.69 Å². The van der Waals surface area contributed by atoms with E-state index in [9.17, 15) is 9.90 Å². The van der Waals surface area contributed by atoms with Crippen molar-refractivity contribution in [1.82, 2.24) is 14.9 Å². The molecule has 1 aliphatic heterocycles. The number of piperidine rings is 1. The summed E-state index contributed by atoms with van der Waals surface area (Å²) >= 11 is 0. The molecule has 3 heterocycles. The number of hydrogen-bond acceptors (Lipinski definition) is 6. The minimum Gasteiger partial charge on any atom is -0.386 e. The van der Waals surface area contributed by atoms with Crippen molar-refractivity contribution >= 4 is 22.5 Å². The fourth-order valence-electron chi connectivity index (χ4n) is 3.67. The molecular weight excluding hydrogens is 330 g/mol. The summed E-state index contributed by atoms with van der Waals surface area (Å²) in [6.07, 6.45) is 7.97. The summed E-state index contributed by atoms with van der Waals surface area (Å²) in [5.74, 6) is 0.0274. The number of fused-ring (bicyclic) bond motifs is 1. The molecule has 1 saturated heterocycles. The molecule has 1 atom stereocenters. The molecule has 1 fully saturated rings. The van der Waals surface area contributed by atoms with E-state index < -0.39 is 5.60 Å². The van der Waals surface area contributed by atoms with E-state index in [1.165, 1.54) is 0 Å². The molecule has 2 aromatic rings. The second-order valence-electron chi connectivity index (χ2n) is 7.11. The van der Waals surface area contributed by atoms with Crippen molar-refractivity contribution in [2.45, 2.75) is 31.3 Å². The number of β-amino-alcohol motifs (C(OH)–C–C–N with tert-alkyl or cyclic N) is 1. The van der Waals surface area contributed by atoms with Gasteiger partial charge in [-0.1, -0.05) is 0 Å². The van der Waals surface area contributed by atoms with E-state index in [4.69, 9.17) is 5.73 Å². The first-order valence-corrected chi connectivity index (χ1v) is 9.12. The maximum absolute atomic E-state index is 12.2. The highest BCUT2D eigenvalue weighted by Gasteiger charge is 2.35. The molecule has 1 amide bonds. The highest BCUT2D eigenvalue weighted by atomic mass is 16.3. The number of aromatic nitrogens is 2. The summed E-state index contributed by atoms with van der Waals surface area (Å²) in [6.45, 7) is 2.17. The normalized spacial score (nSPS) is 20.3. The molecule has 140 valence electrons. The van der Waals surface area contributed by atoms with Gasteiger partial charge in [0.25, 0.3) is 0 Å². The fraction of sp³-hybridized carbons (Fsp3) is 0.526. The second kappa shape index (κ2) is 7.97. The smallest absolute Gasteiger partial charge is 0.222 e. The molecule has 0 saturated carbocycles. The average molecular weight is 357 g/mol. The first-order valence-electron chi connectivity index (χ1n) is 9.12. The van der Waals surface area contributed by atoms with Gasteiger partial charge in [-0.25, -0.2) is 0 Å². The predicted molar refractivity (Wildman–Crippen MR) is 102 cm³/mol. The van der Waals surface area contributed by atoms with Crippen LogP contribution in [0.15, 0.2) is 30.7 Å². The number of amides is 1. The van der Waals surface area contributed by atoms with Crippen LogP contribution < -0.4 is 10.6 Å². The number of likely N-dealkylation sites (N-methyl/N-ethyl adjacent to an activating group) is 1. The van der Waals surface area contributed by atoms with Crippen LogP contribution in [0.3, 0.4) is 0 Å². The molecule has 0 bridgehead atoms. The van der Waals surface area contributed by atoms with E-state index in [-0.39, 0.29) is 5.91 Å². The zero-order chi connectivity index (χ0) is 18.6. The van der Waals surface area contributed by atoms with E-state index in [0.717, 1.165) is 29.6 Å². The van der Waals surface area contributed by atoms with Gasteiger partial charge in [-0.2, -0.15) is 0 Å². The van der Waals surface area contributed by atoms with Crippen molar-refractivity contribution in [2.24, 2.45) is 5.73 Å². The molecule has 3 N–H and O–H groups in total. The summed E-state index contributed by atoms with van der Waals surface area (Å²) < 4.78 is 0. The highest BCUT2D eigenvalue weighted by molar-refractivity contribution is 5.90. The average Bonchev–Trinajstić information content (AvgIpc) is 2.65. The van der Waals surface area contributed by atoms with Crippen LogP contribution in [0.1, 0.15) is 25.7 Å². The molecule has 3 rings (SSSR count). The largest absolute Gasteiger partial charge is 0.386 e. The lowest BCUT2D eigenvalue weighted by molar-refractivity contribution is -0.133. The molecule has 0 aliphatic carbocycles. The first kappa shape index (κ1) is 18.5. The number of nitrogens with zero attached hydrogens (tertiary/aromatic N) is 4. The van der Waals surface area contributed by atoms with Crippen LogP contribution in [0.5, 0.6) is 0 Å². The topological polar surface area (TPSA) is 95.6 Å². The predicted octanol–water partition coefficient (Wildman–Crippen LogP) is 1.16. The summed E-state index contributed by atoms with van der Waals surface area (Å²) in [6, 6.07) is 3.85. The Bertz CT molecular complexity index is 763. The van der Waals surface area contributed by atoms with Gasteiger partial charge in [-0.3, -0.25) is 14.8 Å². The molecule has 2 aromatic heterocycles. The molecule has 0 unspecified atom stereocenters. The van der Waals surface area contributed by atoms with E-state index in [1.807, 2.05) is 18.3 Å². The Balaban J connectivity index is 1.75. The number of nitrogens with two attached hydrogens (primary N) is 1. The lowest BCUT2D eigenvalue weighted by atomic mass is 9.91. The third-order valence-electron chi connectivity index (χ3n) is 4.97. The lowest BCUT2D eigenvalue weighted by Crippen LogP contribution is -2.54. The Kier molecular flexibility index (Phi) is 5.68. The standard InChI is InChI=1S/C19H27N5O2/c1-23(18(25)4-2-8-20)13-19(26)7-3-11-24(14-19)17-6-10-22-16-5-9-21-12-15(16)17/h5-6,9-10,12,26H,2-4,7-8,11,13-14,20H2,1H3/t19-/m1/s1. The van der Waals surface area contributed by atoms with Gasteiger partial charge in [0.2, 0.25) is 5.91 Å². The molecule has 7 heteroatoms. The molecule has 0 aromatic carbocycles. The van der Waals surface area contributed by atoms with E-state index in [1.54, 1.807) is 24.3 Å². The lowest BCUT2D eigenvalue weighted by Gasteiger charge is -2.42. The minimum absolute atomic E-state index is 0.0274. The summed E-state index contributed by atoms with van der Waals surface area (Å²) in [5, 5.41) is 12.1. The summed E-state index contributed by atoms with van der Waals surface area (Å²) in [4.78, 5) is 24.6. The van der Waals surface area contributed by atoms with Crippen LogP contribution >= 0.6 is 0 Å². The van der Waals surface area contributed by atoms with Gasteiger partial charge in [0.1, 0.15) is 0 Å². The SMILES string of the molecule is CN(C[C@]1(O)CCCN(c2ccnc3ccncc23)C1)C(=O)CCCN. The van der Waals surface area contributed by atoms with Crippen molar-refractivity contribution in [2.75, 3.05) is 38.1 Å². The molecule has 7 nitrogen and oxygen atoms in total. The van der Waals surface area contributed by atoms with E-state index in [2.05, 4.69) is 14.9 Å². The Labute approximate surface area is 153 Å². The van der Waals surface area contributed by atoms with Gasteiger partial charge in [-0.05, 0) is 37.9 Å². The monoisotopic (exact) mass is 357 g/mol. The Hall–Kier alpha value is -2.25. The quantitative estimate of drug-likeness (QED) is 0.805. The molecule has 26 heavy (non-hydrogen) atoms. The fourth-order valence-corrected chi connectivity index (χ4v) is 3.67. The van der Waals surface area contributed by atoms with Gasteiger partial charge in [0, 0.05) is 56.2 Å². The summed E-state index contributed by atoms with van der Waals surface area (Å²) in [7, 11) is 1.75. The number of carbonyl (C=O) groups excluding carboxylic acids is 1. The van der Waals surface area contributed by atoms with Crippen molar-refractivity contribution in [3.8, 4) is 0 Å². The van der Waals surface area contributed by atoms with Crippen molar-refractivity contribution < 1.29 is 9.90 Å². The number of carbonyl (C=O) groups is 1. The minimum atomic E-state index is -0.927. The molecule has 1 aliphatic rings. The van der Waals surface area contributed by atoms with Crippen LogP contribution in [-0.2, 0) is 4.79 Å². The number of anilines is 1. The third-order valence-corrected chi connectivity index (χ3v) is 4.97. The number of rotatable bonds is 6. The van der Waals surface area contributed by atoms with E-state index >= 15 is 0 Å². The third kappa shape index (κ3) is 4.11. The summed E-state index contributed by atoms with van der Waals surface area (Å²) in [5.41, 5.74) is 6.47. The molecular formula is C19H27N5O2. The van der Waals surface area contributed by atoms with Crippen molar-refractivity contribution in [3.05, 3.63) is 30.7 Å². The highest BCUT2D eigenvalue weighted by Crippen LogP contribution is 2.30. The molecule has 0 spiro atoms. The van der Waals surface area contributed by atoms with Gasteiger partial charge in [0.05, 0.1) is 17.7 Å². The van der Waals surface area contributed by atoms with E-state index in [0.29, 0.717) is 38.9 Å². The van der Waals surface area contributed by atoms with Gasteiger partial charge >= 0.3 is 0 Å². The maximum atomic E-state index is 12.2. The Morgan fingerprint density at radius 2 is 2.27 bits per heavy atom. The van der Waals surface area contributed by atoms with Crippen LogP contribution in [0.25, 0.3) is 10.9 Å². The first-order chi connectivity index (χ1) is 12.5. The number of pyridine rings is 2. The van der Waals surface area contributed by atoms with Gasteiger partial charge < -0.3 is 20.6 Å². The number of aliphatic hydroxyl groups is 1. The van der Waals surface area contributed by atoms with Crippen molar-refractivity contribution in [1.29, 1.82) is 0 Å². The maximum Gasteiger partial charge on any atom is 0.222 e. The number of hydrogen-bond donors (Lipinski definition) is 2. The van der Waals surface area contributed by atoms with Crippen LogP contribution in [-0.4, -0.2) is 64.7 Å².